The predicted octanol–water partition coefficient (Wildman–Crippen LogP) is 2.36. The second kappa shape index (κ2) is 8.92. The fraction of sp³-hybridized carbons (Fsp3) is 0.348. The van der Waals surface area contributed by atoms with E-state index in [2.05, 4.69) is 34.6 Å². The van der Waals surface area contributed by atoms with Crippen molar-refractivity contribution < 1.29 is 14.3 Å². The zero-order valence-corrected chi connectivity index (χ0v) is 15.6. The number of amides is 2. The number of fused-ring (bicyclic) bond motifs is 1. The molecule has 2 amide bonds. The average Bonchev–Trinajstić information content (AvgIpc) is 3.31. The molecule has 0 unspecified atom stereocenters. The molecule has 0 aliphatic carbocycles. The normalized spacial score (nSPS) is 25.4. The molecule has 2 N–H and O–H groups in total. The van der Waals surface area contributed by atoms with E-state index in [1.165, 1.54) is 5.56 Å². The number of carbonyl (C=O) groups excluding carboxylic acids is 1. The van der Waals surface area contributed by atoms with Crippen LogP contribution < -0.4 is 10.6 Å². The van der Waals surface area contributed by atoms with Crippen LogP contribution in [0.2, 0.25) is 0 Å². The molecule has 5 nitrogen and oxygen atoms in total. The summed E-state index contributed by atoms with van der Waals surface area (Å²) in [5.41, 5.74) is 2.18. The maximum absolute atomic E-state index is 12.2. The first-order valence-electron chi connectivity index (χ1n) is 9.68. The molecule has 28 heavy (non-hydrogen) atoms. The summed E-state index contributed by atoms with van der Waals surface area (Å²) >= 11 is 0. The van der Waals surface area contributed by atoms with Gasteiger partial charge in [0, 0.05) is 12.1 Å². The largest absolute Gasteiger partial charge is 0.372 e. The van der Waals surface area contributed by atoms with Crippen LogP contribution in [-0.2, 0) is 15.9 Å². The first-order valence-corrected chi connectivity index (χ1v) is 9.68. The van der Waals surface area contributed by atoms with Crippen LogP contribution in [0, 0.1) is 17.8 Å². The predicted molar refractivity (Wildman–Crippen MR) is 107 cm³/mol. The van der Waals surface area contributed by atoms with E-state index in [1.54, 1.807) is 0 Å². The molecule has 2 aliphatic rings. The summed E-state index contributed by atoms with van der Waals surface area (Å²) in [6.45, 7) is 1.57. The third kappa shape index (κ3) is 4.53. The number of urea groups is 1. The number of rotatable bonds is 4. The van der Waals surface area contributed by atoms with Gasteiger partial charge in [-0.15, -0.1) is 0 Å². The smallest absolute Gasteiger partial charge is 0.315 e. The molecule has 144 valence electrons. The van der Waals surface area contributed by atoms with Gasteiger partial charge in [0.2, 0.25) is 0 Å². The van der Waals surface area contributed by atoms with E-state index < -0.39 is 0 Å². The Morgan fingerprint density at radius 3 is 2.46 bits per heavy atom. The number of benzene rings is 2. The Labute approximate surface area is 165 Å². The second-order valence-electron chi connectivity index (χ2n) is 7.08. The molecule has 0 bridgehead atoms. The molecule has 4 rings (SSSR count). The van der Waals surface area contributed by atoms with Gasteiger partial charge in [-0.3, -0.25) is 0 Å². The highest BCUT2D eigenvalue weighted by atomic mass is 16.6. The van der Waals surface area contributed by atoms with Gasteiger partial charge >= 0.3 is 6.03 Å². The van der Waals surface area contributed by atoms with Crippen LogP contribution in [-0.4, -0.2) is 44.0 Å². The Kier molecular flexibility index (Phi) is 5.91. The van der Waals surface area contributed by atoms with E-state index in [0.29, 0.717) is 19.8 Å². The van der Waals surface area contributed by atoms with E-state index in [0.717, 1.165) is 12.0 Å². The fourth-order valence-corrected chi connectivity index (χ4v) is 3.63. The molecule has 0 radical (unpaired) electrons. The maximum Gasteiger partial charge on any atom is 0.315 e. The standard InChI is InChI=1S/C23H24N2O3/c26-23(24-14-13-18-9-5-2-6-10-18)25-20-16-28-21-19(15-27-22(20)21)12-11-17-7-3-1-4-8-17/h1-10,19-22H,13-16H2,(H2,24,25,26)/t19-,20-,21+,22+/m0/s1. The van der Waals surface area contributed by atoms with Crippen molar-refractivity contribution in [2.24, 2.45) is 5.92 Å². The molecule has 2 fully saturated rings. The molecule has 2 aromatic carbocycles. The zero-order chi connectivity index (χ0) is 19.2. The average molecular weight is 376 g/mol. The van der Waals surface area contributed by atoms with Crippen LogP contribution in [0.4, 0.5) is 4.79 Å². The fourth-order valence-electron chi connectivity index (χ4n) is 3.63. The SMILES string of the molecule is O=C(NCCc1ccccc1)N[C@H]1CO[C@H]2[C@@H]1OC[C@@H]2C#Cc1ccccc1. The van der Waals surface area contributed by atoms with Gasteiger partial charge in [0.15, 0.2) is 0 Å². The highest BCUT2D eigenvalue weighted by molar-refractivity contribution is 5.74. The van der Waals surface area contributed by atoms with Crippen LogP contribution in [0.25, 0.3) is 0 Å². The van der Waals surface area contributed by atoms with Gasteiger partial charge in [-0.2, -0.15) is 0 Å². The van der Waals surface area contributed by atoms with Crippen LogP contribution >= 0.6 is 0 Å². The number of nitrogens with one attached hydrogen (secondary N) is 2. The minimum absolute atomic E-state index is 0.0261. The summed E-state index contributed by atoms with van der Waals surface area (Å²) < 4.78 is 11.8. The van der Waals surface area contributed by atoms with E-state index in [9.17, 15) is 4.79 Å². The monoisotopic (exact) mass is 376 g/mol. The molecular formula is C23H24N2O3. The molecule has 0 saturated carbocycles. The van der Waals surface area contributed by atoms with Crippen molar-refractivity contribution in [3.63, 3.8) is 0 Å². The van der Waals surface area contributed by atoms with Crippen molar-refractivity contribution >= 4 is 6.03 Å². The van der Waals surface area contributed by atoms with Crippen molar-refractivity contribution in [2.45, 2.75) is 24.7 Å². The number of hydrogen-bond acceptors (Lipinski definition) is 3. The number of ether oxygens (including phenoxy) is 2. The van der Waals surface area contributed by atoms with Crippen molar-refractivity contribution in [3.8, 4) is 11.8 Å². The Morgan fingerprint density at radius 2 is 1.68 bits per heavy atom. The van der Waals surface area contributed by atoms with Gasteiger partial charge < -0.3 is 20.1 Å². The number of hydrogen-bond donors (Lipinski definition) is 2. The summed E-state index contributed by atoms with van der Waals surface area (Å²) in [4.78, 5) is 12.2. The van der Waals surface area contributed by atoms with Gasteiger partial charge in [-0.25, -0.2) is 4.79 Å². The van der Waals surface area contributed by atoms with Crippen molar-refractivity contribution in [1.29, 1.82) is 0 Å². The first kappa shape index (κ1) is 18.5. The summed E-state index contributed by atoms with van der Waals surface area (Å²) in [6, 6.07) is 19.6. The molecular weight excluding hydrogens is 352 g/mol. The van der Waals surface area contributed by atoms with Gasteiger partial charge in [0.25, 0.3) is 0 Å². The van der Waals surface area contributed by atoms with E-state index >= 15 is 0 Å². The Morgan fingerprint density at radius 1 is 0.964 bits per heavy atom. The highest BCUT2D eigenvalue weighted by Gasteiger charge is 2.47. The third-order valence-corrected chi connectivity index (χ3v) is 5.09. The summed E-state index contributed by atoms with van der Waals surface area (Å²) in [6.07, 6.45) is 0.565. The van der Waals surface area contributed by atoms with Gasteiger partial charge in [-0.05, 0) is 24.1 Å². The second-order valence-corrected chi connectivity index (χ2v) is 7.08. The van der Waals surface area contributed by atoms with Crippen LogP contribution in [0.1, 0.15) is 11.1 Å². The van der Waals surface area contributed by atoms with E-state index in [4.69, 9.17) is 9.47 Å². The van der Waals surface area contributed by atoms with Crippen molar-refractivity contribution in [3.05, 3.63) is 71.8 Å². The molecule has 5 heteroatoms. The van der Waals surface area contributed by atoms with E-state index in [1.807, 2.05) is 48.5 Å². The molecule has 2 heterocycles. The Balaban J connectivity index is 1.25. The lowest BCUT2D eigenvalue weighted by atomic mass is 10.0. The lowest BCUT2D eigenvalue weighted by Crippen LogP contribution is -2.48. The minimum atomic E-state index is -0.187. The number of carbonyl (C=O) groups is 1. The third-order valence-electron chi connectivity index (χ3n) is 5.09. The zero-order valence-electron chi connectivity index (χ0n) is 15.6. The Hall–Kier alpha value is -2.81. The van der Waals surface area contributed by atoms with Crippen LogP contribution in [0.15, 0.2) is 60.7 Å². The summed E-state index contributed by atoms with van der Waals surface area (Å²) in [7, 11) is 0. The Bertz CT molecular complexity index is 844. The quantitative estimate of drug-likeness (QED) is 0.806. The first-order chi connectivity index (χ1) is 13.8. The van der Waals surface area contributed by atoms with Gasteiger partial charge in [-0.1, -0.05) is 60.4 Å². The van der Waals surface area contributed by atoms with E-state index in [-0.39, 0.29) is 30.2 Å². The van der Waals surface area contributed by atoms with Crippen LogP contribution in [0.5, 0.6) is 0 Å². The molecule has 2 aliphatic heterocycles. The minimum Gasteiger partial charge on any atom is -0.372 e. The molecule has 0 spiro atoms. The van der Waals surface area contributed by atoms with Crippen LogP contribution in [0.3, 0.4) is 0 Å². The van der Waals surface area contributed by atoms with Gasteiger partial charge in [0.1, 0.15) is 12.2 Å². The molecule has 0 aromatic heterocycles. The maximum atomic E-state index is 12.2. The molecule has 2 saturated heterocycles. The lowest BCUT2D eigenvalue weighted by molar-refractivity contribution is 0.0665. The topological polar surface area (TPSA) is 59.6 Å². The highest BCUT2D eigenvalue weighted by Crippen LogP contribution is 2.30. The lowest BCUT2D eigenvalue weighted by Gasteiger charge is -2.17. The summed E-state index contributed by atoms with van der Waals surface area (Å²) in [5, 5.41) is 5.89. The molecule has 4 atom stereocenters. The van der Waals surface area contributed by atoms with Gasteiger partial charge in [0.05, 0.1) is 25.2 Å². The summed E-state index contributed by atoms with van der Waals surface area (Å²) in [5.74, 6) is 6.48. The molecule has 2 aromatic rings. The van der Waals surface area contributed by atoms with Crippen molar-refractivity contribution in [1.82, 2.24) is 10.6 Å². The van der Waals surface area contributed by atoms with Crippen molar-refractivity contribution in [2.75, 3.05) is 19.8 Å².